The Bertz CT molecular complexity index is 405. The van der Waals surface area contributed by atoms with Crippen LogP contribution in [0.2, 0.25) is 0 Å². The molecule has 0 spiro atoms. The molecule has 0 aliphatic carbocycles. The Morgan fingerprint density at radius 1 is 1.23 bits per heavy atom. The molecule has 0 aromatic heterocycles. The van der Waals surface area contributed by atoms with Crippen molar-refractivity contribution < 1.29 is 4.74 Å². The SMILES string of the molecule is CCCCN1CCC(NC(=NC)NCC2(N(C)C)CCOCC2)CC1.I. The Balaban J connectivity index is 0.00000338. The summed E-state index contributed by atoms with van der Waals surface area (Å²) in [5.41, 5.74) is 0.166. The first kappa shape index (κ1) is 23.9. The van der Waals surface area contributed by atoms with E-state index in [1.54, 1.807) is 0 Å². The Hall–Kier alpha value is -0.120. The van der Waals surface area contributed by atoms with Crippen molar-refractivity contribution in [2.24, 2.45) is 4.99 Å². The van der Waals surface area contributed by atoms with Crippen LogP contribution in [0.3, 0.4) is 0 Å². The molecule has 0 amide bonds. The van der Waals surface area contributed by atoms with E-state index in [-0.39, 0.29) is 29.5 Å². The molecule has 2 heterocycles. The minimum absolute atomic E-state index is 0. The van der Waals surface area contributed by atoms with E-state index in [4.69, 9.17) is 4.74 Å². The molecule has 0 bridgehead atoms. The summed E-state index contributed by atoms with van der Waals surface area (Å²) >= 11 is 0. The van der Waals surface area contributed by atoms with E-state index >= 15 is 0 Å². The minimum atomic E-state index is 0. The lowest BCUT2D eigenvalue weighted by Gasteiger charge is -2.43. The van der Waals surface area contributed by atoms with Crippen molar-refractivity contribution in [3.05, 3.63) is 0 Å². The zero-order chi connectivity index (χ0) is 18.1. The predicted molar refractivity (Wildman–Crippen MR) is 121 cm³/mol. The number of ether oxygens (including phenoxy) is 1. The number of aliphatic imine (C=N–C) groups is 1. The lowest BCUT2D eigenvalue weighted by atomic mass is 9.88. The van der Waals surface area contributed by atoms with Gasteiger partial charge < -0.3 is 25.2 Å². The number of likely N-dealkylation sites (tertiary alicyclic amines) is 1. The number of likely N-dealkylation sites (N-methyl/N-ethyl adjacent to an activating group) is 1. The zero-order valence-corrected chi connectivity index (χ0v) is 19.6. The molecule has 0 atom stereocenters. The Kier molecular flexibility index (Phi) is 11.4. The summed E-state index contributed by atoms with van der Waals surface area (Å²) in [5.74, 6) is 0.944. The summed E-state index contributed by atoms with van der Waals surface area (Å²) in [6.07, 6.45) is 7.15. The predicted octanol–water partition coefficient (Wildman–Crippen LogP) is 2.14. The number of hydrogen-bond acceptors (Lipinski definition) is 4. The van der Waals surface area contributed by atoms with Gasteiger partial charge in [0.15, 0.2) is 5.96 Å². The summed E-state index contributed by atoms with van der Waals surface area (Å²) in [4.78, 5) is 9.40. The van der Waals surface area contributed by atoms with Crippen molar-refractivity contribution in [2.45, 2.75) is 57.0 Å². The summed E-state index contributed by atoms with van der Waals surface area (Å²) in [6.45, 7) is 8.54. The van der Waals surface area contributed by atoms with E-state index in [0.29, 0.717) is 6.04 Å². The molecule has 2 saturated heterocycles. The molecule has 2 aliphatic heterocycles. The summed E-state index contributed by atoms with van der Waals surface area (Å²) < 4.78 is 5.56. The number of guanidine groups is 1. The van der Waals surface area contributed by atoms with E-state index in [2.05, 4.69) is 46.4 Å². The number of rotatable bonds is 7. The minimum Gasteiger partial charge on any atom is -0.381 e. The van der Waals surface area contributed by atoms with Crippen LogP contribution in [-0.4, -0.2) is 87.9 Å². The van der Waals surface area contributed by atoms with Crippen LogP contribution in [0.25, 0.3) is 0 Å². The van der Waals surface area contributed by atoms with Crippen molar-refractivity contribution in [2.75, 3.05) is 60.5 Å². The maximum absolute atomic E-state index is 5.56. The third kappa shape index (κ3) is 7.13. The molecule has 0 aromatic rings. The van der Waals surface area contributed by atoms with Gasteiger partial charge in [-0.2, -0.15) is 0 Å². The smallest absolute Gasteiger partial charge is 0.191 e. The molecule has 0 saturated carbocycles. The summed E-state index contributed by atoms with van der Waals surface area (Å²) in [6, 6.07) is 0.536. The topological polar surface area (TPSA) is 52.1 Å². The summed E-state index contributed by atoms with van der Waals surface area (Å²) in [5, 5.41) is 7.22. The van der Waals surface area contributed by atoms with Crippen LogP contribution < -0.4 is 10.6 Å². The fraction of sp³-hybridized carbons (Fsp3) is 0.947. The van der Waals surface area contributed by atoms with Gasteiger partial charge >= 0.3 is 0 Å². The van der Waals surface area contributed by atoms with Crippen LogP contribution in [0.1, 0.15) is 45.4 Å². The molecule has 2 N–H and O–H groups in total. The fourth-order valence-corrected chi connectivity index (χ4v) is 3.85. The molecular formula is C19H40IN5O. The highest BCUT2D eigenvalue weighted by atomic mass is 127. The van der Waals surface area contributed by atoms with E-state index in [9.17, 15) is 0 Å². The molecule has 0 radical (unpaired) electrons. The quantitative estimate of drug-likeness (QED) is 0.332. The van der Waals surface area contributed by atoms with Crippen LogP contribution >= 0.6 is 24.0 Å². The lowest BCUT2D eigenvalue weighted by Crippen LogP contribution is -2.58. The molecule has 0 unspecified atom stereocenters. The van der Waals surface area contributed by atoms with Gasteiger partial charge in [0.1, 0.15) is 0 Å². The largest absolute Gasteiger partial charge is 0.381 e. The first-order valence-corrected chi connectivity index (χ1v) is 10.0. The van der Waals surface area contributed by atoms with Gasteiger partial charge in [-0.25, -0.2) is 0 Å². The van der Waals surface area contributed by atoms with Gasteiger partial charge in [-0.15, -0.1) is 24.0 Å². The number of piperidine rings is 1. The maximum atomic E-state index is 5.56. The zero-order valence-electron chi connectivity index (χ0n) is 17.2. The van der Waals surface area contributed by atoms with Crippen molar-refractivity contribution in [3.8, 4) is 0 Å². The normalized spacial score (nSPS) is 22.1. The molecule has 154 valence electrons. The van der Waals surface area contributed by atoms with Crippen molar-refractivity contribution in [1.82, 2.24) is 20.4 Å². The van der Waals surface area contributed by atoms with Gasteiger partial charge in [-0.3, -0.25) is 4.99 Å². The number of halogens is 1. The van der Waals surface area contributed by atoms with Gasteiger partial charge in [0, 0.05) is 51.5 Å². The number of hydrogen-bond donors (Lipinski definition) is 2. The fourth-order valence-electron chi connectivity index (χ4n) is 3.85. The van der Waals surface area contributed by atoms with Crippen molar-refractivity contribution in [1.29, 1.82) is 0 Å². The molecule has 2 fully saturated rings. The Labute approximate surface area is 177 Å². The first-order valence-electron chi connectivity index (χ1n) is 10.0. The summed E-state index contributed by atoms with van der Waals surface area (Å²) in [7, 11) is 6.22. The molecule has 2 rings (SSSR count). The van der Waals surface area contributed by atoms with Crippen LogP contribution in [0.5, 0.6) is 0 Å². The molecular weight excluding hydrogens is 441 g/mol. The average molecular weight is 481 g/mol. The maximum Gasteiger partial charge on any atom is 0.191 e. The van der Waals surface area contributed by atoms with E-state index < -0.39 is 0 Å². The molecule has 6 nitrogen and oxygen atoms in total. The second kappa shape index (κ2) is 12.4. The van der Waals surface area contributed by atoms with Crippen LogP contribution in [-0.2, 0) is 4.74 Å². The Morgan fingerprint density at radius 2 is 1.88 bits per heavy atom. The molecule has 7 heteroatoms. The van der Waals surface area contributed by atoms with Gasteiger partial charge in [-0.05, 0) is 52.7 Å². The third-order valence-electron chi connectivity index (χ3n) is 5.94. The second-order valence-electron chi connectivity index (χ2n) is 7.77. The highest BCUT2D eigenvalue weighted by Gasteiger charge is 2.35. The van der Waals surface area contributed by atoms with Gasteiger partial charge in [-0.1, -0.05) is 13.3 Å². The molecule has 0 aromatic carbocycles. The number of unbranched alkanes of at least 4 members (excludes halogenated alkanes) is 1. The first-order chi connectivity index (χ1) is 12.1. The number of nitrogens with zero attached hydrogens (tertiary/aromatic N) is 3. The van der Waals surface area contributed by atoms with Gasteiger partial charge in [0.2, 0.25) is 0 Å². The lowest BCUT2D eigenvalue weighted by molar-refractivity contribution is -0.00504. The van der Waals surface area contributed by atoms with E-state index in [1.807, 2.05) is 7.05 Å². The monoisotopic (exact) mass is 481 g/mol. The molecule has 26 heavy (non-hydrogen) atoms. The van der Waals surface area contributed by atoms with Crippen molar-refractivity contribution in [3.63, 3.8) is 0 Å². The van der Waals surface area contributed by atoms with Gasteiger partial charge in [0.25, 0.3) is 0 Å². The number of nitrogens with one attached hydrogen (secondary N) is 2. The van der Waals surface area contributed by atoms with Crippen LogP contribution in [0.15, 0.2) is 4.99 Å². The standard InChI is InChI=1S/C19H39N5O.HI/c1-5-6-11-24-12-7-17(8-13-24)22-18(20-2)21-16-19(23(3)4)9-14-25-15-10-19;/h17H,5-16H2,1-4H3,(H2,20,21,22);1H. The van der Waals surface area contributed by atoms with Crippen molar-refractivity contribution >= 4 is 29.9 Å². The van der Waals surface area contributed by atoms with Crippen LogP contribution in [0, 0.1) is 0 Å². The van der Waals surface area contributed by atoms with E-state index in [1.165, 1.54) is 45.3 Å². The van der Waals surface area contributed by atoms with Crippen LogP contribution in [0.4, 0.5) is 0 Å². The Morgan fingerprint density at radius 3 is 2.42 bits per heavy atom. The third-order valence-corrected chi connectivity index (χ3v) is 5.94. The van der Waals surface area contributed by atoms with E-state index in [0.717, 1.165) is 38.6 Å². The highest BCUT2D eigenvalue weighted by molar-refractivity contribution is 14.0. The second-order valence-corrected chi connectivity index (χ2v) is 7.77. The average Bonchev–Trinajstić information content (AvgIpc) is 2.65. The van der Waals surface area contributed by atoms with Gasteiger partial charge in [0.05, 0.1) is 0 Å². The molecule has 2 aliphatic rings. The highest BCUT2D eigenvalue weighted by Crippen LogP contribution is 2.25.